The zero-order valence-corrected chi connectivity index (χ0v) is 16.2. The largest absolute Gasteiger partial charge is 0.382 e. The van der Waals surface area contributed by atoms with E-state index in [1.54, 1.807) is 0 Å². The Morgan fingerprint density at radius 3 is 2.00 bits per heavy atom. The average molecular weight is 397 g/mol. The number of benzene rings is 3. The molecule has 140 valence electrons. The summed E-state index contributed by atoms with van der Waals surface area (Å²) >= 11 is 6.07. The van der Waals surface area contributed by atoms with Gasteiger partial charge >= 0.3 is 0 Å². The lowest BCUT2D eigenvalue weighted by molar-refractivity contribution is 0.955. The van der Waals surface area contributed by atoms with Crippen molar-refractivity contribution in [2.45, 2.75) is 0 Å². The van der Waals surface area contributed by atoms with Gasteiger partial charge in [0.25, 0.3) is 0 Å². The Bertz CT molecular complexity index is 1290. The minimum atomic E-state index is 0.433. The summed E-state index contributed by atoms with van der Waals surface area (Å²) in [6, 6.07) is 29.9. The Kier molecular flexibility index (Phi) is 4.26. The maximum absolute atomic E-state index is 6.35. The van der Waals surface area contributed by atoms with Crippen molar-refractivity contribution in [1.82, 2.24) is 14.6 Å². The molecular weight excluding hydrogens is 380 g/mol. The molecule has 5 heteroatoms. The highest BCUT2D eigenvalue weighted by Gasteiger charge is 2.18. The lowest BCUT2D eigenvalue weighted by atomic mass is 10.1. The molecule has 0 aliphatic carbocycles. The lowest BCUT2D eigenvalue weighted by Gasteiger charge is -2.09. The standard InChI is InChI=1S/C24H17ClN4/c25-19-13-11-18(12-14-19)22-23(26)28-29-21(17-9-5-2-6-10-17)15-20(27-24(22)29)16-7-3-1-4-8-16/h1-15H,(H2,26,28). The van der Waals surface area contributed by atoms with Gasteiger partial charge in [-0.2, -0.15) is 0 Å². The summed E-state index contributed by atoms with van der Waals surface area (Å²) in [4.78, 5) is 4.94. The van der Waals surface area contributed by atoms with E-state index in [4.69, 9.17) is 22.3 Å². The van der Waals surface area contributed by atoms with Crippen LogP contribution in [0.3, 0.4) is 0 Å². The molecule has 5 rings (SSSR count). The highest BCUT2D eigenvalue weighted by Crippen LogP contribution is 2.34. The highest BCUT2D eigenvalue weighted by molar-refractivity contribution is 6.30. The van der Waals surface area contributed by atoms with Crippen molar-refractivity contribution in [1.29, 1.82) is 0 Å². The zero-order chi connectivity index (χ0) is 19.8. The second-order valence-electron chi connectivity index (χ2n) is 6.76. The van der Waals surface area contributed by atoms with Crippen molar-refractivity contribution in [3.05, 3.63) is 96.0 Å². The van der Waals surface area contributed by atoms with Gasteiger partial charge in [-0.3, -0.25) is 0 Å². The van der Waals surface area contributed by atoms with Crippen LogP contribution in [0, 0.1) is 0 Å². The zero-order valence-electron chi connectivity index (χ0n) is 15.5. The lowest BCUT2D eigenvalue weighted by Crippen LogP contribution is -1.99. The van der Waals surface area contributed by atoms with E-state index in [0.29, 0.717) is 16.5 Å². The third kappa shape index (κ3) is 3.13. The summed E-state index contributed by atoms with van der Waals surface area (Å²) in [6.07, 6.45) is 0. The number of rotatable bonds is 3. The number of fused-ring (bicyclic) bond motifs is 1. The molecule has 0 saturated heterocycles. The number of nitrogens with zero attached hydrogens (tertiary/aromatic N) is 3. The van der Waals surface area contributed by atoms with Crippen molar-refractivity contribution in [2.24, 2.45) is 0 Å². The predicted molar refractivity (Wildman–Crippen MR) is 119 cm³/mol. The van der Waals surface area contributed by atoms with Crippen molar-refractivity contribution >= 4 is 23.1 Å². The fraction of sp³-hybridized carbons (Fsp3) is 0. The van der Waals surface area contributed by atoms with Crippen LogP contribution >= 0.6 is 11.6 Å². The predicted octanol–water partition coefficient (Wildman–Crippen LogP) is 5.97. The number of aromatic nitrogens is 3. The molecular formula is C24H17ClN4. The first-order valence-electron chi connectivity index (χ1n) is 9.27. The van der Waals surface area contributed by atoms with Crippen molar-refractivity contribution in [3.8, 4) is 33.6 Å². The van der Waals surface area contributed by atoms with Gasteiger partial charge in [-0.05, 0) is 23.8 Å². The molecule has 0 amide bonds. The Morgan fingerprint density at radius 1 is 0.724 bits per heavy atom. The Labute approximate surface area is 173 Å². The monoisotopic (exact) mass is 396 g/mol. The van der Waals surface area contributed by atoms with Crippen molar-refractivity contribution in [3.63, 3.8) is 0 Å². The number of halogens is 1. The number of hydrogen-bond donors (Lipinski definition) is 1. The summed E-state index contributed by atoms with van der Waals surface area (Å²) in [6.45, 7) is 0. The molecule has 2 heterocycles. The van der Waals surface area contributed by atoms with Crippen LogP contribution in [0.15, 0.2) is 91.0 Å². The molecule has 29 heavy (non-hydrogen) atoms. The van der Waals surface area contributed by atoms with E-state index in [1.807, 2.05) is 65.2 Å². The van der Waals surface area contributed by atoms with E-state index in [-0.39, 0.29) is 0 Å². The summed E-state index contributed by atoms with van der Waals surface area (Å²) in [5, 5.41) is 5.29. The van der Waals surface area contributed by atoms with Crippen molar-refractivity contribution in [2.75, 3.05) is 5.73 Å². The van der Waals surface area contributed by atoms with E-state index in [0.717, 1.165) is 33.6 Å². The Hall–Kier alpha value is -3.63. The molecule has 0 fully saturated rings. The normalized spacial score (nSPS) is 11.1. The van der Waals surface area contributed by atoms with Crippen LogP contribution in [-0.4, -0.2) is 14.6 Å². The van der Waals surface area contributed by atoms with Crippen LogP contribution in [-0.2, 0) is 0 Å². The van der Waals surface area contributed by atoms with E-state index in [9.17, 15) is 0 Å². The number of anilines is 1. The maximum atomic E-state index is 6.35. The van der Waals surface area contributed by atoms with Gasteiger partial charge < -0.3 is 5.73 Å². The smallest absolute Gasteiger partial charge is 0.166 e. The quantitative estimate of drug-likeness (QED) is 0.409. The minimum absolute atomic E-state index is 0.433. The van der Waals surface area contributed by atoms with E-state index in [1.165, 1.54) is 0 Å². The van der Waals surface area contributed by atoms with Crippen LogP contribution < -0.4 is 5.73 Å². The van der Waals surface area contributed by atoms with Gasteiger partial charge in [0.15, 0.2) is 11.5 Å². The molecule has 0 atom stereocenters. The Morgan fingerprint density at radius 2 is 1.34 bits per heavy atom. The number of nitrogens with two attached hydrogens (primary N) is 1. The molecule has 0 radical (unpaired) electrons. The van der Waals surface area contributed by atoms with E-state index >= 15 is 0 Å². The first-order valence-corrected chi connectivity index (χ1v) is 9.64. The molecule has 0 spiro atoms. The maximum Gasteiger partial charge on any atom is 0.166 e. The molecule has 2 aromatic heterocycles. The summed E-state index contributed by atoms with van der Waals surface area (Å²) in [5.74, 6) is 0.433. The minimum Gasteiger partial charge on any atom is -0.382 e. The number of hydrogen-bond acceptors (Lipinski definition) is 3. The van der Waals surface area contributed by atoms with Crippen LogP contribution in [0.1, 0.15) is 0 Å². The summed E-state index contributed by atoms with van der Waals surface area (Å²) in [5.41, 5.74) is 12.7. The topological polar surface area (TPSA) is 56.2 Å². The van der Waals surface area contributed by atoms with Crippen LogP contribution in [0.2, 0.25) is 5.02 Å². The SMILES string of the molecule is Nc1nn2c(-c3ccccc3)cc(-c3ccccc3)nc2c1-c1ccc(Cl)cc1. The third-order valence-electron chi connectivity index (χ3n) is 4.89. The second kappa shape index (κ2) is 7.08. The number of nitrogen functional groups attached to an aromatic ring is 1. The molecule has 2 N–H and O–H groups in total. The molecule has 4 nitrogen and oxygen atoms in total. The molecule has 0 unspecified atom stereocenters. The van der Waals surface area contributed by atoms with Crippen LogP contribution in [0.25, 0.3) is 39.3 Å². The first-order chi connectivity index (χ1) is 14.2. The van der Waals surface area contributed by atoms with E-state index in [2.05, 4.69) is 35.4 Å². The summed E-state index contributed by atoms with van der Waals surface area (Å²) < 4.78 is 1.82. The van der Waals surface area contributed by atoms with Gasteiger partial charge in [-0.25, -0.2) is 9.50 Å². The first kappa shape index (κ1) is 17.5. The van der Waals surface area contributed by atoms with Gasteiger partial charge in [0, 0.05) is 16.1 Å². The average Bonchev–Trinajstić information content (AvgIpc) is 3.10. The second-order valence-corrected chi connectivity index (χ2v) is 7.20. The molecule has 5 aromatic rings. The highest BCUT2D eigenvalue weighted by atomic mass is 35.5. The van der Waals surface area contributed by atoms with Gasteiger partial charge in [-0.1, -0.05) is 84.4 Å². The van der Waals surface area contributed by atoms with Gasteiger partial charge in [-0.15, -0.1) is 5.10 Å². The van der Waals surface area contributed by atoms with Crippen molar-refractivity contribution < 1.29 is 0 Å². The fourth-order valence-corrected chi connectivity index (χ4v) is 3.62. The van der Waals surface area contributed by atoms with Gasteiger partial charge in [0.05, 0.1) is 17.0 Å². The van der Waals surface area contributed by atoms with Crippen LogP contribution in [0.5, 0.6) is 0 Å². The molecule has 0 bridgehead atoms. The van der Waals surface area contributed by atoms with E-state index < -0.39 is 0 Å². The molecule has 0 aliphatic heterocycles. The molecule has 0 aliphatic rings. The molecule has 0 saturated carbocycles. The molecule has 3 aromatic carbocycles. The fourth-order valence-electron chi connectivity index (χ4n) is 3.50. The third-order valence-corrected chi connectivity index (χ3v) is 5.14. The Balaban J connectivity index is 1.84. The van der Waals surface area contributed by atoms with Gasteiger partial charge in [0.2, 0.25) is 0 Å². The van der Waals surface area contributed by atoms with Gasteiger partial charge in [0.1, 0.15) is 0 Å². The van der Waals surface area contributed by atoms with Crippen LogP contribution in [0.4, 0.5) is 5.82 Å². The summed E-state index contributed by atoms with van der Waals surface area (Å²) in [7, 11) is 0.